The highest BCUT2D eigenvalue weighted by Gasteiger charge is 2.25. The number of amides is 1. The predicted octanol–water partition coefficient (Wildman–Crippen LogP) is 2.58. The molecule has 0 bridgehead atoms. The van der Waals surface area contributed by atoms with Gasteiger partial charge in [0.1, 0.15) is 5.75 Å². The number of carbonyl (C=O) groups is 1. The molecule has 0 saturated carbocycles. The lowest BCUT2D eigenvalue weighted by Crippen LogP contribution is -2.53. The van der Waals surface area contributed by atoms with Gasteiger partial charge in [0.15, 0.2) is 0 Å². The molecule has 0 radical (unpaired) electrons. The van der Waals surface area contributed by atoms with E-state index in [1.807, 2.05) is 36.6 Å². The van der Waals surface area contributed by atoms with Crippen molar-refractivity contribution in [2.45, 2.75) is 19.5 Å². The number of benzene rings is 1. The molecule has 25 heavy (non-hydrogen) atoms. The fourth-order valence-corrected chi connectivity index (χ4v) is 3.71. The summed E-state index contributed by atoms with van der Waals surface area (Å²) in [6.45, 7) is 6.24. The van der Waals surface area contributed by atoms with Crippen molar-refractivity contribution in [2.24, 2.45) is 0 Å². The van der Waals surface area contributed by atoms with E-state index in [9.17, 15) is 4.79 Å². The summed E-state index contributed by atoms with van der Waals surface area (Å²) < 4.78 is 5.21. The van der Waals surface area contributed by atoms with Crippen LogP contribution in [0.15, 0.2) is 41.8 Å². The number of ether oxygens (including phenoxy) is 1. The Hall–Kier alpha value is -2.05. The molecule has 0 aliphatic carbocycles. The molecular formula is C19H25N3O2S. The van der Waals surface area contributed by atoms with Crippen LogP contribution in [-0.4, -0.2) is 50.1 Å². The molecule has 2 heterocycles. The second-order valence-electron chi connectivity index (χ2n) is 6.19. The van der Waals surface area contributed by atoms with Gasteiger partial charge < -0.3 is 15.0 Å². The number of rotatable bonds is 6. The van der Waals surface area contributed by atoms with Crippen LogP contribution >= 0.6 is 11.3 Å². The molecule has 3 rings (SSSR count). The summed E-state index contributed by atoms with van der Waals surface area (Å²) in [6.07, 6.45) is 0. The third-order valence-corrected chi connectivity index (χ3v) is 5.57. The second kappa shape index (κ2) is 8.36. The van der Waals surface area contributed by atoms with E-state index in [4.69, 9.17) is 4.74 Å². The summed E-state index contributed by atoms with van der Waals surface area (Å²) in [5, 5.41) is 5.07. The number of methoxy groups -OCH3 is 1. The first kappa shape index (κ1) is 17.8. The average molecular weight is 359 g/mol. The van der Waals surface area contributed by atoms with Crippen LogP contribution in [0, 0.1) is 0 Å². The van der Waals surface area contributed by atoms with Gasteiger partial charge >= 0.3 is 0 Å². The van der Waals surface area contributed by atoms with E-state index >= 15 is 0 Å². The van der Waals surface area contributed by atoms with Gasteiger partial charge in [0, 0.05) is 36.7 Å². The molecule has 1 aliphatic heterocycles. The summed E-state index contributed by atoms with van der Waals surface area (Å²) in [7, 11) is 1.68. The average Bonchev–Trinajstić information content (AvgIpc) is 3.19. The molecular weight excluding hydrogens is 334 g/mol. The normalized spacial score (nSPS) is 16.5. The fourth-order valence-electron chi connectivity index (χ4n) is 3.06. The Kier molecular flexibility index (Phi) is 5.94. The smallest absolute Gasteiger partial charge is 0.237 e. The largest absolute Gasteiger partial charge is 0.497 e. The van der Waals surface area contributed by atoms with Crippen molar-refractivity contribution < 1.29 is 9.53 Å². The number of nitrogens with zero attached hydrogens (tertiary/aromatic N) is 2. The SMILES string of the molecule is COc1ccc(N2CCN(C(C)C(=O)NCc3cccs3)CC2)cc1. The number of piperazine rings is 1. The molecule has 1 aromatic heterocycles. The molecule has 2 aromatic rings. The fraction of sp³-hybridized carbons (Fsp3) is 0.421. The number of carbonyl (C=O) groups excluding carboxylic acids is 1. The van der Waals surface area contributed by atoms with E-state index in [-0.39, 0.29) is 11.9 Å². The maximum Gasteiger partial charge on any atom is 0.237 e. The second-order valence-corrected chi connectivity index (χ2v) is 7.23. The van der Waals surface area contributed by atoms with E-state index < -0.39 is 0 Å². The van der Waals surface area contributed by atoms with Gasteiger partial charge in [-0.2, -0.15) is 0 Å². The third kappa shape index (κ3) is 4.52. The Morgan fingerprint density at radius 3 is 2.52 bits per heavy atom. The molecule has 1 atom stereocenters. The van der Waals surface area contributed by atoms with Crippen molar-refractivity contribution in [2.75, 3.05) is 38.2 Å². The number of anilines is 1. The van der Waals surface area contributed by atoms with Crippen LogP contribution in [0.1, 0.15) is 11.8 Å². The lowest BCUT2D eigenvalue weighted by Gasteiger charge is -2.38. The molecule has 1 amide bonds. The van der Waals surface area contributed by atoms with E-state index in [0.717, 1.165) is 31.9 Å². The maximum absolute atomic E-state index is 12.4. The van der Waals surface area contributed by atoms with Gasteiger partial charge in [-0.05, 0) is 42.6 Å². The highest BCUT2D eigenvalue weighted by atomic mass is 32.1. The van der Waals surface area contributed by atoms with E-state index in [2.05, 4.69) is 27.2 Å². The molecule has 0 spiro atoms. The topological polar surface area (TPSA) is 44.8 Å². The Bertz CT molecular complexity index is 664. The van der Waals surface area contributed by atoms with Crippen LogP contribution in [0.3, 0.4) is 0 Å². The van der Waals surface area contributed by atoms with Crippen molar-refractivity contribution in [1.29, 1.82) is 0 Å². The summed E-state index contributed by atoms with van der Waals surface area (Å²) in [5.41, 5.74) is 1.20. The van der Waals surface area contributed by atoms with Gasteiger partial charge in [0.2, 0.25) is 5.91 Å². The van der Waals surface area contributed by atoms with E-state index in [0.29, 0.717) is 6.54 Å². The summed E-state index contributed by atoms with van der Waals surface area (Å²) >= 11 is 1.67. The van der Waals surface area contributed by atoms with Crippen LogP contribution in [-0.2, 0) is 11.3 Å². The predicted molar refractivity (Wildman–Crippen MR) is 102 cm³/mol. The van der Waals surface area contributed by atoms with Crippen LogP contribution in [0.2, 0.25) is 0 Å². The minimum atomic E-state index is -0.0991. The summed E-state index contributed by atoms with van der Waals surface area (Å²) in [4.78, 5) is 18.2. The molecule has 1 unspecified atom stereocenters. The molecule has 1 aromatic carbocycles. The monoisotopic (exact) mass is 359 g/mol. The van der Waals surface area contributed by atoms with Crippen molar-refractivity contribution in [3.8, 4) is 5.75 Å². The van der Waals surface area contributed by atoms with E-state index in [1.54, 1.807) is 18.4 Å². The number of hydrogen-bond acceptors (Lipinski definition) is 5. The zero-order chi connectivity index (χ0) is 17.6. The third-order valence-electron chi connectivity index (χ3n) is 4.70. The van der Waals surface area contributed by atoms with Crippen molar-refractivity contribution in [3.63, 3.8) is 0 Å². The molecule has 134 valence electrons. The van der Waals surface area contributed by atoms with Gasteiger partial charge in [-0.3, -0.25) is 9.69 Å². The standard InChI is InChI=1S/C19H25N3O2S/c1-15(19(23)20-14-18-4-3-13-25-18)21-9-11-22(12-10-21)16-5-7-17(24-2)8-6-16/h3-8,13,15H,9-12,14H2,1-2H3,(H,20,23). The van der Waals surface area contributed by atoms with Gasteiger partial charge in [-0.15, -0.1) is 11.3 Å². The minimum absolute atomic E-state index is 0.0991. The van der Waals surface area contributed by atoms with Crippen LogP contribution < -0.4 is 15.0 Å². The lowest BCUT2D eigenvalue weighted by molar-refractivity contribution is -0.126. The maximum atomic E-state index is 12.4. The van der Waals surface area contributed by atoms with Crippen LogP contribution in [0.5, 0.6) is 5.75 Å². The Morgan fingerprint density at radius 2 is 1.92 bits per heavy atom. The Labute approximate surface area is 153 Å². The molecule has 1 aliphatic rings. The summed E-state index contributed by atoms with van der Waals surface area (Å²) in [6, 6.07) is 12.1. The van der Waals surface area contributed by atoms with Crippen LogP contribution in [0.4, 0.5) is 5.69 Å². The van der Waals surface area contributed by atoms with Gasteiger partial charge in [-0.1, -0.05) is 6.07 Å². The summed E-state index contributed by atoms with van der Waals surface area (Å²) in [5.74, 6) is 0.977. The van der Waals surface area contributed by atoms with Gasteiger partial charge in [-0.25, -0.2) is 0 Å². The first-order valence-electron chi connectivity index (χ1n) is 8.60. The van der Waals surface area contributed by atoms with E-state index in [1.165, 1.54) is 10.6 Å². The number of thiophene rings is 1. The first-order valence-corrected chi connectivity index (χ1v) is 9.48. The quantitative estimate of drug-likeness (QED) is 0.861. The zero-order valence-corrected chi connectivity index (χ0v) is 15.6. The molecule has 6 heteroatoms. The van der Waals surface area contributed by atoms with Crippen molar-refractivity contribution >= 4 is 22.9 Å². The Balaban J connectivity index is 1.48. The molecule has 5 nitrogen and oxygen atoms in total. The number of nitrogens with one attached hydrogen (secondary N) is 1. The van der Waals surface area contributed by atoms with Crippen molar-refractivity contribution in [1.82, 2.24) is 10.2 Å². The van der Waals surface area contributed by atoms with Crippen molar-refractivity contribution in [3.05, 3.63) is 46.7 Å². The molecule has 1 fully saturated rings. The number of hydrogen-bond donors (Lipinski definition) is 1. The lowest BCUT2D eigenvalue weighted by atomic mass is 10.2. The minimum Gasteiger partial charge on any atom is -0.497 e. The Morgan fingerprint density at radius 1 is 1.20 bits per heavy atom. The van der Waals surface area contributed by atoms with Gasteiger partial charge in [0.25, 0.3) is 0 Å². The molecule has 1 saturated heterocycles. The zero-order valence-electron chi connectivity index (χ0n) is 14.8. The van der Waals surface area contributed by atoms with Crippen LogP contribution in [0.25, 0.3) is 0 Å². The van der Waals surface area contributed by atoms with Gasteiger partial charge in [0.05, 0.1) is 19.7 Å². The highest BCUT2D eigenvalue weighted by Crippen LogP contribution is 2.21. The first-order chi connectivity index (χ1) is 12.2. The highest BCUT2D eigenvalue weighted by molar-refractivity contribution is 7.09. The molecule has 1 N–H and O–H groups in total.